The number of sulfonamides is 1. The SMILES string of the molecule is Nc1ccc(S(N)(=O)=O)cc1Oc1ccc(Cl)cc1Cl. The number of anilines is 1. The molecule has 0 saturated carbocycles. The van der Waals surface area contributed by atoms with Crippen molar-refractivity contribution in [3.63, 3.8) is 0 Å². The quantitative estimate of drug-likeness (QED) is 0.844. The Kier molecular flexibility index (Phi) is 4.10. The van der Waals surface area contributed by atoms with Gasteiger partial charge < -0.3 is 10.5 Å². The first-order valence-electron chi connectivity index (χ1n) is 5.32. The maximum absolute atomic E-state index is 11.3. The number of rotatable bonds is 3. The molecule has 0 unspecified atom stereocenters. The van der Waals surface area contributed by atoms with Gasteiger partial charge in [-0.25, -0.2) is 13.6 Å². The van der Waals surface area contributed by atoms with Crippen LogP contribution < -0.4 is 15.6 Å². The zero-order valence-corrected chi connectivity index (χ0v) is 12.3. The van der Waals surface area contributed by atoms with Crippen molar-refractivity contribution >= 4 is 38.9 Å². The number of hydrogen-bond donors (Lipinski definition) is 2. The molecule has 20 heavy (non-hydrogen) atoms. The predicted molar refractivity (Wildman–Crippen MR) is 78.8 cm³/mol. The van der Waals surface area contributed by atoms with Crippen LogP contribution in [0.2, 0.25) is 10.0 Å². The first kappa shape index (κ1) is 14.9. The van der Waals surface area contributed by atoms with Gasteiger partial charge in [0.05, 0.1) is 15.6 Å². The van der Waals surface area contributed by atoms with Crippen molar-refractivity contribution in [2.75, 3.05) is 5.73 Å². The molecule has 0 heterocycles. The summed E-state index contributed by atoms with van der Waals surface area (Å²) in [4.78, 5) is -0.105. The normalized spacial score (nSPS) is 11.3. The van der Waals surface area contributed by atoms with Crippen molar-refractivity contribution in [3.8, 4) is 11.5 Å². The number of halogens is 2. The van der Waals surface area contributed by atoms with Gasteiger partial charge >= 0.3 is 0 Å². The Balaban J connectivity index is 2.43. The van der Waals surface area contributed by atoms with E-state index in [1.54, 1.807) is 12.1 Å². The Morgan fingerprint density at radius 3 is 2.30 bits per heavy atom. The zero-order chi connectivity index (χ0) is 14.9. The maximum atomic E-state index is 11.3. The fourth-order valence-electron chi connectivity index (χ4n) is 1.46. The molecule has 2 rings (SSSR count). The van der Waals surface area contributed by atoms with Crippen LogP contribution in [0.25, 0.3) is 0 Å². The fourth-order valence-corrected chi connectivity index (χ4v) is 2.43. The van der Waals surface area contributed by atoms with Gasteiger partial charge in [0.25, 0.3) is 0 Å². The van der Waals surface area contributed by atoms with Crippen LogP contribution >= 0.6 is 23.2 Å². The first-order chi connectivity index (χ1) is 9.27. The summed E-state index contributed by atoms with van der Waals surface area (Å²) in [6, 6.07) is 8.55. The third-order valence-electron chi connectivity index (χ3n) is 2.43. The Bertz CT molecular complexity index is 763. The van der Waals surface area contributed by atoms with Crippen molar-refractivity contribution in [2.24, 2.45) is 5.14 Å². The Morgan fingerprint density at radius 2 is 1.70 bits per heavy atom. The van der Waals surface area contributed by atoms with Gasteiger partial charge in [-0.3, -0.25) is 0 Å². The molecule has 0 aliphatic rings. The van der Waals surface area contributed by atoms with Crippen LogP contribution in [-0.4, -0.2) is 8.42 Å². The molecule has 5 nitrogen and oxygen atoms in total. The molecule has 2 aromatic rings. The molecular formula is C12H10Cl2N2O3S. The van der Waals surface area contributed by atoms with Crippen molar-refractivity contribution in [1.82, 2.24) is 0 Å². The molecule has 2 aromatic carbocycles. The smallest absolute Gasteiger partial charge is 0.238 e. The van der Waals surface area contributed by atoms with Crippen LogP contribution in [0.15, 0.2) is 41.3 Å². The van der Waals surface area contributed by atoms with Crippen molar-refractivity contribution in [2.45, 2.75) is 4.90 Å². The Morgan fingerprint density at radius 1 is 1.00 bits per heavy atom. The topological polar surface area (TPSA) is 95.4 Å². The highest BCUT2D eigenvalue weighted by Gasteiger charge is 2.13. The highest BCUT2D eigenvalue weighted by molar-refractivity contribution is 7.89. The van der Waals surface area contributed by atoms with E-state index < -0.39 is 10.0 Å². The van der Waals surface area contributed by atoms with Gasteiger partial charge in [0.1, 0.15) is 5.75 Å². The summed E-state index contributed by atoms with van der Waals surface area (Å²) in [5.74, 6) is 0.440. The minimum Gasteiger partial charge on any atom is -0.454 e. The highest BCUT2D eigenvalue weighted by Crippen LogP contribution is 2.35. The van der Waals surface area contributed by atoms with Crippen molar-refractivity contribution in [1.29, 1.82) is 0 Å². The molecule has 0 aliphatic heterocycles. The summed E-state index contributed by atoms with van der Waals surface area (Å²) >= 11 is 11.7. The number of benzene rings is 2. The second-order valence-electron chi connectivity index (χ2n) is 3.92. The largest absolute Gasteiger partial charge is 0.454 e. The van der Waals surface area contributed by atoms with Crippen LogP contribution in [0.3, 0.4) is 0 Å². The summed E-state index contributed by atoms with van der Waals surface area (Å²) in [5, 5.41) is 5.78. The second-order valence-corrected chi connectivity index (χ2v) is 6.33. The molecule has 0 fully saturated rings. The standard InChI is InChI=1S/C12H10Cl2N2O3S/c13-7-1-4-11(9(14)5-7)19-12-6-8(20(16,17)18)2-3-10(12)15/h1-6H,15H2,(H2,16,17,18). The molecular weight excluding hydrogens is 323 g/mol. The molecule has 0 atom stereocenters. The monoisotopic (exact) mass is 332 g/mol. The lowest BCUT2D eigenvalue weighted by atomic mass is 10.3. The van der Waals surface area contributed by atoms with E-state index in [9.17, 15) is 8.42 Å². The van der Waals surface area contributed by atoms with E-state index in [0.717, 1.165) is 0 Å². The van der Waals surface area contributed by atoms with Crippen molar-refractivity contribution < 1.29 is 13.2 Å². The molecule has 0 saturated heterocycles. The van der Waals surface area contributed by atoms with Crippen LogP contribution in [0.4, 0.5) is 5.69 Å². The molecule has 106 valence electrons. The summed E-state index contributed by atoms with van der Waals surface area (Å²) < 4.78 is 28.1. The van der Waals surface area contributed by atoms with Gasteiger partial charge in [0.15, 0.2) is 5.75 Å². The molecule has 0 spiro atoms. The van der Waals surface area contributed by atoms with Gasteiger partial charge in [0.2, 0.25) is 10.0 Å². The predicted octanol–water partition coefficient (Wildman–Crippen LogP) is 3.02. The molecule has 0 bridgehead atoms. The van der Waals surface area contributed by atoms with Crippen LogP contribution in [0.5, 0.6) is 11.5 Å². The third-order valence-corrected chi connectivity index (χ3v) is 3.87. The molecule has 0 amide bonds. The minimum atomic E-state index is -3.84. The zero-order valence-electron chi connectivity index (χ0n) is 10.0. The van der Waals surface area contributed by atoms with Gasteiger partial charge in [-0.2, -0.15) is 0 Å². The number of nitrogen functional groups attached to an aromatic ring is 1. The van der Waals surface area contributed by atoms with Gasteiger partial charge in [-0.15, -0.1) is 0 Å². The van der Waals surface area contributed by atoms with Gasteiger partial charge in [-0.1, -0.05) is 23.2 Å². The molecule has 0 aromatic heterocycles. The molecule has 0 aliphatic carbocycles. The summed E-state index contributed by atoms with van der Waals surface area (Å²) in [5.41, 5.74) is 5.98. The van der Waals surface area contributed by atoms with Crippen molar-refractivity contribution in [3.05, 3.63) is 46.4 Å². The van der Waals surface area contributed by atoms with Gasteiger partial charge in [-0.05, 0) is 30.3 Å². The molecule has 8 heteroatoms. The minimum absolute atomic E-state index is 0.105. The summed E-state index contributed by atoms with van der Waals surface area (Å²) in [6.07, 6.45) is 0. The lowest BCUT2D eigenvalue weighted by Gasteiger charge is -2.11. The number of primary sulfonamides is 1. The fraction of sp³-hybridized carbons (Fsp3) is 0. The van der Waals surface area contributed by atoms with E-state index in [2.05, 4.69) is 0 Å². The highest BCUT2D eigenvalue weighted by atomic mass is 35.5. The molecule has 4 N–H and O–H groups in total. The Hall–Kier alpha value is -1.47. The molecule has 0 radical (unpaired) electrons. The van der Waals surface area contributed by atoms with E-state index in [1.807, 2.05) is 0 Å². The number of nitrogens with two attached hydrogens (primary N) is 2. The van der Waals surface area contributed by atoms with E-state index in [4.69, 9.17) is 38.8 Å². The first-order valence-corrected chi connectivity index (χ1v) is 7.63. The van der Waals surface area contributed by atoms with Crippen LogP contribution in [-0.2, 0) is 10.0 Å². The van der Waals surface area contributed by atoms with E-state index in [0.29, 0.717) is 10.8 Å². The lowest BCUT2D eigenvalue weighted by molar-refractivity contribution is 0.483. The second kappa shape index (κ2) is 5.49. The van der Waals surface area contributed by atoms with Crippen LogP contribution in [0, 0.1) is 0 Å². The van der Waals surface area contributed by atoms with E-state index in [-0.39, 0.29) is 21.4 Å². The lowest BCUT2D eigenvalue weighted by Crippen LogP contribution is -2.12. The maximum Gasteiger partial charge on any atom is 0.238 e. The Labute approximate surface area is 126 Å². The number of hydrogen-bond acceptors (Lipinski definition) is 4. The average molecular weight is 333 g/mol. The van der Waals surface area contributed by atoms with Crippen LogP contribution in [0.1, 0.15) is 0 Å². The summed E-state index contributed by atoms with van der Waals surface area (Å²) in [6.45, 7) is 0. The number of ether oxygens (including phenoxy) is 1. The summed E-state index contributed by atoms with van der Waals surface area (Å²) in [7, 11) is -3.84. The van der Waals surface area contributed by atoms with Gasteiger partial charge in [0, 0.05) is 11.1 Å². The third kappa shape index (κ3) is 3.34. The average Bonchev–Trinajstić information content (AvgIpc) is 2.33. The van der Waals surface area contributed by atoms with E-state index in [1.165, 1.54) is 24.3 Å². The van der Waals surface area contributed by atoms with E-state index >= 15 is 0 Å².